The van der Waals surface area contributed by atoms with Crippen molar-refractivity contribution >= 4 is 23.8 Å². The van der Waals surface area contributed by atoms with Gasteiger partial charge in [-0.25, -0.2) is 9.37 Å². The first-order chi connectivity index (χ1) is 19.6. The first kappa shape index (κ1) is 29.3. The predicted octanol–water partition coefficient (Wildman–Crippen LogP) is 6.82. The number of aromatic hydroxyl groups is 1. The molecular weight excluding hydrogens is 525 g/mol. The van der Waals surface area contributed by atoms with Crippen molar-refractivity contribution < 1.29 is 28.6 Å². The third-order valence-electron chi connectivity index (χ3n) is 7.11. The van der Waals surface area contributed by atoms with E-state index in [-0.39, 0.29) is 58.4 Å². The number of nitrogens with one attached hydrogen (secondary N) is 1. The highest BCUT2D eigenvalue weighted by atomic mass is 19.1. The molecule has 0 aliphatic carbocycles. The molecule has 0 saturated heterocycles. The zero-order chi connectivity index (χ0) is 29.7. The molecule has 8 nitrogen and oxygen atoms in total. The van der Waals surface area contributed by atoms with E-state index in [1.54, 1.807) is 49.4 Å². The molecule has 1 amide bonds. The minimum Gasteiger partial charge on any atom is -0.506 e. The van der Waals surface area contributed by atoms with Crippen molar-refractivity contribution in [1.82, 2.24) is 4.98 Å². The van der Waals surface area contributed by atoms with E-state index in [0.29, 0.717) is 17.8 Å². The van der Waals surface area contributed by atoms with E-state index in [1.165, 1.54) is 23.1 Å². The van der Waals surface area contributed by atoms with Crippen LogP contribution in [0.25, 0.3) is 0 Å². The maximum absolute atomic E-state index is 16.0. The molecule has 2 aromatic carbocycles. The van der Waals surface area contributed by atoms with Gasteiger partial charge >= 0.3 is 0 Å². The fourth-order valence-electron chi connectivity index (χ4n) is 4.68. The zero-order valence-electron chi connectivity index (χ0n) is 23.6. The van der Waals surface area contributed by atoms with Crippen molar-refractivity contribution in [2.24, 2.45) is 5.41 Å². The number of benzene rings is 2. The van der Waals surface area contributed by atoms with Crippen LogP contribution in [0.3, 0.4) is 0 Å². The molecule has 4 rings (SSSR count). The number of phenolic OH excluding ortho intramolecular Hbond substituents is 1. The maximum Gasteiger partial charge on any atom is 0.298 e. The number of allylic oxidation sites excluding steroid dienone is 1. The number of rotatable bonds is 10. The number of ether oxygens (including phenoxy) is 2. The zero-order valence-corrected chi connectivity index (χ0v) is 23.6. The summed E-state index contributed by atoms with van der Waals surface area (Å²) in [6.45, 7) is 11.9. The molecule has 0 fully saturated rings. The molecule has 3 aromatic rings. The van der Waals surface area contributed by atoms with E-state index in [2.05, 4.69) is 16.9 Å². The number of amides is 1. The smallest absolute Gasteiger partial charge is 0.298 e. The summed E-state index contributed by atoms with van der Waals surface area (Å²) in [6.07, 6.45) is 2.68. The Morgan fingerprint density at radius 2 is 1.98 bits per heavy atom. The van der Waals surface area contributed by atoms with Gasteiger partial charge in [0.25, 0.3) is 12.4 Å². The minimum atomic E-state index is -1.25. The number of nitrogens with zero attached hydrogens (tertiary/aromatic N) is 2. The van der Waals surface area contributed by atoms with Crippen LogP contribution in [0.5, 0.6) is 11.5 Å². The monoisotopic (exact) mass is 559 g/mol. The van der Waals surface area contributed by atoms with Gasteiger partial charge in [0.2, 0.25) is 0 Å². The second-order valence-electron chi connectivity index (χ2n) is 10.6. The first-order valence-electron chi connectivity index (χ1n) is 13.3. The summed E-state index contributed by atoms with van der Waals surface area (Å²) < 4.78 is 27.1. The van der Waals surface area contributed by atoms with Crippen LogP contribution in [-0.2, 0) is 9.53 Å². The van der Waals surface area contributed by atoms with Crippen LogP contribution < -0.4 is 15.0 Å². The van der Waals surface area contributed by atoms with Gasteiger partial charge in [0, 0.05) is 17.3 Å². The number of pyridine rings is 1. The van der Waals surface area contributed by atoms with Gasteiger partial charge in [0.05, 0.1) is 11.4 Å². The van der Waals surface area contributed by atoms with Crippen molar-refractivity contribution in [3.63, 3.8) is 0 Å². The second kappa shape index (κ2) is 12.2. The number of para-hydroxylation sites is 1. The Morgan fingerprint density at radius 1 is 1.22 bits per heavy atom. The summed E-state index contributed by atoms with van der Waals surface area (Å²) in [6, 6.07) is 12.7. The lowest BCUT2D eigenvalue weighted by molar-refractivity contribution is -0.125. The molecule has 0 spiro atoms. The number of phenols is 1. The van der Waals surface area contributed by atoms with E-state index in [0.717, 1.165) is 6.42 Å². The normalized spacial score (nSPS) is 15.0. The Labute approximate surface area is 239 Å². The molecule has 0 bridgehead atoms. The van der Waals surface area contributed by atoms with Gasteiger partial charge < -0.3 is 19.9 Å². The molecule has 1 unspecified atom stereocenters. The summed E-state index contributed by atoms with van der Waals surface area (Å²) >= 11 is 0. The summed E-state index contributed by atoms with van der Waals surface area (Å²) in [7, 11) is 0. The Hall–Kier alpha value is -4.66. The average Bonchev–Trinajstić information content (AvgIpc) is 3.07. The molecule has 0 saturated carbocycles. The summed E-state index contributed by atoms with van der Waals surface area (Å²) in [4.78, 5) is 32.0. The molecule has 1 aliphatic heterocycles. The van der Waals surface area contributed by atoms with Crippen molar-refractivity contribution in [3.8, 4) is 11.5 Å². The lowest BCUT2D eigenvalue weighted by Crippen LogP contribution is -2.37. The van der Waals surface area contributed by atoms with Crippen LogP contribution in [0.1, 0.15) is 61.4 Å². The molecular formula is C32H34FN3O5. The van der Waals surface area contributed by atoms with Gasteiger partial charge in [-0.1, -0.05) is 52.0 Å². The third-order valence-corrected chi connectivity index (χ3v) is 7.11. The maximum atomic E-state index is 16.0. The molecule has 41 heavy (non-hydrogen) atoms. The standard InChI is InChI=1S/C32H34FN3O5/c1-6-16-40-21-14-15-22(23(33)17-21)29-30(41-19-37)25(18-32(4,5)7-2)35-28-26(12-9-13-27(28)38)36(29)31(39)24-11-8-10-20(3)34-24/h6,8-15,17,19,29,35,38H,1,7,16,18H2,2-5H3. The third kappa shape index (κ3) is 6.24. The SMILES string of the molecule is C=CCOc1ccc(C2C(OC=O)=C(CC(C)(C)CC)Nc3c(O)cccc3N2C(=O)c2cccc(C)n2)c(F)c1. The highest BCUT2D eigenvalue weighted by Gasteiger charge is 2.41. The molecule has 214 valence electrons. The van der Waals surface area contributed by atoms with Crippen LogP contribution >= 0.6 is 0 Å². The first-order valence-corrected chi connectivity index (χ1v) is 13.3. The molecule has 1 aliphatic rings. The lowest BCUT2D eigenvalue weighted by atomic mass is 9.84. The second-order valence-corrected chi connectivity index (χ2v) is 10.6. The Balaban J connectivity index is 2.06. The van der Waals surface area contributed by atoms with E-state index >= 15 is 4.39 Å². The van der Waals surface area contributed by atoms with Crippen molar-refractivity contribution in [2.45, 2.75) is 46.6 Å². The number of aromatic nitrogens is 1. The Bertz CT molecular complexity index is 1500. The fourth-order valence-corrected chi connectivity index (χ4v) is 4.68. The van der Waals surface area contributed by atoms with Crippen molar-refractivity contribution in [3.05, 3.63) is 101 Å². The van der Waals surface area contributed by atoms with Gasteiger partial charge in [0.1, 0.15) is 41.3 Å². The Morgan fingerprint density at radius 3 is 2.63 bits per heavy atom. The number of fused-ring (bicyclic) bond motifs is 1. The topological polar surface area (TPSA) is 101 Å². The van der Waals surface area contributed by atoms with Crippen molar-refractivity contribution in [1.29, 1.82) is 0 Å². The molecule has 2 heterocycles. The fraction of sp³-hybridized carbons (Fsp3) is 0.281. The van der Waals surface area contributed by atoms with E-state index in [9.17, 15) is 14.7 Å². The van der Waals surface area contributed by atoms with E-state index in [4.69, 9.17) is 9.47 Å². The number of carbonyl (C=O) groups excluding carboxylic acids is 2. The van der Waals surface area contributed by atoms with Gasteiger partial charge in [0.15, 0.2) is 5.76 Å². The molecule has 2 N–H and O–H groups in total. The highest BCUT2D eigenvalue weighted by molar-refractivity contribution is 6.08. The van der Waals surface area contributed by atoms with Gasteiger partial charge in [-0.2, -0.15) is 0 Å². The van der Waals surface area contributed by atoms with Crippen LogP contribution in [0, 0.1) is 18.2 Å². The summed E-state index contributed by atoms with van der Waals surface area (Å²) in [5.74, 6) is -1.11. The largest absolute Gasteiger partial charge is 0.506 e. The van der Waals surface area contributed by atoms with Gasteiger partial charge in [-0.05, 0) is 55.2 Å². The number of hydrogen-bond donors (Lipinski definition) is 2. The number of aryl methyl sites for hydroxylation is 1. The number of carbonyl (C=O) groups is 2. The quantitative estimate of drug-likeness (QED) is 0.160. The summed E-state index contributed by atoms with van der Waals surface area (Å²) in [5.41, 5.74) is 1.37. The molecule has 9 heteroatoms. The molecule has 1 atom stereocenters. The van der Waals surface area contributed by atoms with Crippen LogP contribution in [0.2, 0.25) is 0 Å². The van der Waals surface area contributed by atoms with E-state index < -0.39 is 17.8 Å². The lowest BCUT2D eigenvalue weighted by Gasteiger charge is -2.33. The van der Waals surface area contributed by atoms with Crippen LogP contribution in [0.15, 0.2) is 78.7 Å². The number of anilines is 2. The van der Waals surface area contributed by atoms with Crippen LogP contribution in [-0.4, -0.2) is 29.1 Å². The van der Waals surface area contributed by atoms with Crippen LogP contribution in [0.4, 0.5) is 15.8 Å². The minimum absolute atomic E-state index is 0.0248. The summed E-state index contributed by atoms with van der Waals surface area (Å²) in [5, 5.41) is 14.2. The molecule has 0 radical (unpaired) electrons. The van der Waals surface area contributed by atoms with E-state index in [1.807, 2.05) is 20.8 Å². The highest BCUT2D eigenvalue weighted by Crippen LogP contribution is 2.48. The van der Waals surface area contributed by atoms with Gasteiger partial charge in [-0.15, -0.1) is 0 Å². The predicted molar refractivity (Wildman–Crippen MR) is 155 cm³/mol. The molecule has 1 aromatic heterocycles. The van der Waals surface area contributed by atoms with Crippen molar-refractivity contribution in [2.75, 3.05) is 16.8 Å². The number of hydrogen-bond acceptors (Lipinski definition) is 7. The van der Waals surface area contributed by atoms with Gasteiger partial charge in [-0.3, -0.25) is 14.5 Å². The number of halogens is 1. The average molecular weight is 560 g/mol. The Kier molecular flexibility index (Phi) is 8.76.